The standard InChI is InChI=1S/C21H21F4N3O3S/c1-21(25)11-28(10-17(21)27-32(2,29)30)18-9-16(31-26-18)20-12(5-3-6-15(20)24)19-13(22)7-4-8-14(19)23/h3-8,16-17,27H,9-11H2,1-2H3/t16?,17-,21+/m0/s1. The van der Waals surface area contributed by atoms with Crippen LogP contribution in [0.1, 0.15) is 25.0 Å². The van der Waals surface area contributed by atoms with Crippen LogP contribution < -0.4 is 4.72 Å². The van der Waals surface area contributed by atoms with Gasteiger partial charge >= 0.3 is 0 Å². The Labute approximate surface area is 182 Å². The summed E-state index contributed by atoms with van der Waals surface area (Å²) in [6.45, 7) is 1.13. The normalized spacial score (nSPS) is 25.7. The van der Waals surface area contributed by atoms with Crippen molar-refractivity contribution >= 4 is 15.9 Å². The third-order valence-electron chi connectivity index (χ3n) is 5.61. The first kappa shape index (κ1) is 22.5. The fourth-order valence-corrected chi connectivity index (χ4v) is 4.95. The molecule has 2 heterocycles. The van der Waals surface area contributed by atoms with Gasteiger partial charge in [-0.3, -0.25) is 0 Å². The summed E-state index contributed by atoms with van der Waals surface area (Å²) in [5, 5.41) is 3.94. The van der Waals surface area contributed by atoms with Gasteiger partial charge in [0.25, 0.3) is 0 Å². The smallest absolute Gasteiger partial charge is 0.209 e. The van der Waals surface area contributed by atoms with Crippen LogP contribution in [0.4, 0.5) is 17.6 Å². The van der Waals surface area contributed by atoms with Gasteiger partial charge in [-0.15, -0.1) is 0 Å². The van der Waals surface area contributed by atoms with E-state index < -0.39 is 45.3 Å². The number of nitrogens with one attached hydrogen (secondary N) is 1. The zero-order valence-electron chi connectivity index (χ0n) is 17.3. The number of hydrogen-bond acceptors (Lipinski definition) is 5. The molecule has 0 aliphatic carbocycles. The van der Waals surface area contributed by atoms with Crippen LogP contribution in [0.3, 0.4) is 0 Å². The summed E-state index contributed by atoms with van der Waals surface area (Å²) in [6, 6.07) is 6.24. The molecule has 0 saturated carbocycles. The van der Waals surface area contributed by atoms with Gasteiger partial charge in [0.1, 0.15) is 29.0 Å². The Morgan fingerprint density at radius 1 is 1.12 bits per heavy atom. The first-order valence-electron chi connectivity index (χ1n) is 9.83. The van der Waals surface area contributed by atoms with E-state index in [0.29, 0.717) is 5.84 Å². The molecular formula is C21H21F4N3O3S. The second-order valence-electron chi connectivity index (χ2n) is 8.20. The van der Waals surface area contributed by atoms with Gasteiger partial charge in [0.05, 0.1) is 30.8 Å². The van der Waals surface area contributed by atoms with Crippen molar-refractivity contribution in [3.05, 3.63) is 59.4 Å². The number of rotatable bonds is 4. The Morgan fingerprint density at radius 2 is 1.75 bits per heavy atom. The summed E-state index contributed by atoms with van der Waals surface area (Å²) in [7, 11) is -3.64. The number of sulfonamides is 1. The third-order valence-corrected chi connectivity index (χ3v) is 6.32. The predicted molar refractivity (Wildman–Crippen MR) is 110 cm³/mol. The van der Waals surface area contributed by atoms with E-state index in [-0.39, 0.29) is 36.2 Å². The van der Waals surface area contributed by atoms with Crippen LogP contribution in [0, 0.1) is 17.5 Å². The summed E-state index contributed by atoms with van der Waals surface area (Å²) in [6.07, 6.45) is -0.0291. The monoisotopic (exact) mass is 471 g/mol. The highest BCUT2D eigenvalue weighted by Gasteiger charge is 2.47. The molecule has 11 heteroatoms. The summed E-state index contributed by atoms with van der Waals surface area (Å²) in [5.74, 6) is -2.13. The molecule has 1 unspecified atom stereocenters. The first-order chi connectivity index (χ1) is 15.0. The van der Waals surface area contributed by atoms with Crippen LogP contribution in [-0.4, -0.2) is 50.2 Å². The lowest BCUT2D eigenvalue weighted by molar-refractivity contribution is 0.0832. The van der Waals surface area contributed by atoms with Gasteiger partial charge in [-0.25, -0.2) is 30.7 Å². The van der Waals surface area contributed by atoms with Crippen LogP contribution >= 0.6 is 0 Å². The molecule has 1 N–H and O–H groups in total. The van der Waals surface area contributed by atoms with Crippen molar-refractivity contribution in [1.82, 2.24) is 9.62 Å². The molecular weight excluding hydrogens is 450 g/mol. The first-order valence-corrected chi connectivity index (χ1v) is 11.7. The van der Waals surface area contributed by atoms with Crippen LogP contribution in [-0.2, 0) is 14.9 Å². The van der Waals surface area contributed by atoms with Crippen LogP contribution in [0.5, 0.6) is 0 Å². The van der Waals surface area contributed by atoms with E-state index in [1.807, 2.05) is 0 Å². The number of benzene rings is 2. The fraction of sp³-hybridized carbons (Fsp3) is 0.381. The molecule has 1 saturated heterocycles. The lowest BCUT2D eigenvalue weighted by atomic mass is 9.93. The minimum absolute atomic E-state index is 0.00105. The number of alkyl halides is 1. The summed E-state index contributed by atoms with van der Waals surface area (Å²) >= 11 is 0. The van der Waals surface area contributed by atoms with E-state index in [0.717, 1.165) is 24.5 Å². The van der Waals surface area contributed by atoms with Gasteiger partial charge in [-0.05, 0) is 30.7 Å². The molecule has 3 atom stereocenters. The number of halogens is 4. The van der Waals surface area contributed by atoms with Gasteiger partial charge in [0.15, 0.2) is 6.10 Å². The molecule has 6 nitrogen and oxygen atoms in total. The van der Waals surface area contributed by atoms with Crippen LogP contribution in [0.15, 0.2) is 41.6 Å². The predicted octanol–water partition coefficient (Wildman–Crippen LogP) is 3.51. The molecule has 2 aromatic carbocycles. The van der Waals surface area contributed by atoms with Crippen molar-refractivity contribution in [3.63, 3.8) is 0 Å². The minimum atomic E-state index is -3.64. The maximum atomic E-state index is 15.0. The Kier molecular flexibility index (Phi) is 5.66. The maximum Gasteiger partial charge on any atom is 0.209 e. The quantitative estimate of drug-likeness (QED) is 0.693. The molecule has 32 heavy (non-hydrogen) atoms. The van der Waals surface area contributed by atoms with Crippen molar-refractivity contribution < 1.29 is 30.8 Å². The van der Waals surface area contributed by atoms with Crippen LogP contribution in [0.2, 0.25) is 0 Å². The largest absolute Gasteiger partial charge is 0.386 e. The lowest BCUT2D eigenvalue weighted by Crippen LogP contribution is -2.47. The maximum absolute atomic E-state index is 15.0. The summed E-state index contributed by atoms with van der Waals surface area (Å²) in [4.78, 5) is 6.91. The molecule has 2 aromatic rings. The molecule has 1 fully saturated rings. The van der Waals surface area contributed by atoms with Gasteiger partial charge < -0.3 is 9.74 Å². The highest BCUT2D eigenvalue weighted by atomic mass is 32.2. The van der Waals surface area contributed by atoms with Crippen molar-refractivity contribution in [3.8, 4) is 11.1 Å². The van der Waals surface area contributed by atoms with E-state index in [1.165, 1.54) is 30.0 Å². The topological polar surface area (TPSA) is 71.0 Å². The van der Waals surface area contributed by atoms with Gasteiger partial charge in [0.2, 0.25) is 10.0 Å². The second-order valence-corrected chi connectivity index (χ2v) is 9.98. The molecule has 0 spiro atoms. The van der Waals surface area contributed by atoms with Crippen molar-refractivity contribution in [1.29, 1.82) is 0 Å². The van der Waals surface area contributed by atoms with Gasteiger partial charge in [-0.1, -0.05) is 23.4 Å². The number of nitrogens with zero attached hydrogens (tertiary/aromatic N) is 2. The molecule has 0 amide bonds. The zero-order chi connectivity index (χ0) is 23.3. The van der Waals surface area contributed by atoms with Crippen molar-refractivity contribution in [2.24, 2.45) is 5.16 Å². The second kappa shape index (κ2) is 8.04. The van der Waals surface area contributed by atoms with E-state index in [2.05, 4.69) is 9.88 Å². The van der Waals surface area contributed by atoms with Crippen molar-refractivity contribution in [2.75, 3.05) is 19.3 Å². The highest BCUT2D eigenvalue weighted by molar-refractivity contribution is 7.88. The molecule has 172 valence electrons. The average molecular weight is 471 g/mol. The van der Waals surface area contributed by atoms with E-state index >= 15 is 0 Å². The molecule has 4 rings (SSSR count). The number of likely N-dealkylation sites (tertiary alicyclic amines) is 1. The fourth-order valence-electron chi connectivity index (χ4n) is 4.12. The summed E-state index contributed by atoms with van der Waals surface area (Å²) in [5.41, 5.74) is -2.32. The average Bonchev–Trinajstić information content (AvgIpc) is 3.25. The molecule has 0 aromatic heterocycles. The highest BCUT2D eigenvalue weighted by Crippen LogP contribution is 2.40. The Hall–Kier alpha value is -2.66. The van der Waals surface area contributed by atoms with Crippen LogP contribution in [0.25, 0.3) is 11.1 Å². The van der Waals surface area contributed by atoms with Gasteiger partial charge in [0, 0.05) is 12.1 Å². The molecule has 0 bridgehead atoms. The SMILES string of the molecule is C[C@@]1(F)CN(C2=NOC(c3c(F)cccc3-c3c(F)cccc3F)C2)C[C@@H]1NS(C)(=O)=O. The molecule has 2 aliphatic rings. The zero-order valence-corrected chi connectivity index (χ0v) is 18.1. The number of hydrogen-bond donors (Lipinski definition) is 1. The summed E-state index contributed by atoms with van der Waals surface area (Å²) < 4.78 is 83.9. The van der Waals surface area contributed by atoms with E-state index in [9.17, 15) is 26.0 Å². The van der Waals surface area contributed by atoms with E-state index in [4.69, 9.17) is 4.84 Å². The van der Waals surface area contributed by atoms with E-state index in [1.54, 1.807) is 0 Å². The molecule has 0 radical (unpaired) electrons. The lowest BCUT2D eigenvalue weighted by Gasteiger charge is -2.20. The Morgan fingerprint density at radius 3 is 2.41 bits per heavy atom. The van der Waals surface area contributed by atoms with Gasteiger partial charge in [-0.2, -0.15) is 0 Å². The molecule has 2 aliphatic heterocycles. The van der Waals surface area contributed by atoms with Crippen molar-refractivity contribution in [2.45, 2.75) is 31.2 Å². The Balaban J connectivity index is 1.60. The third kappa shape index (κ3) is 4.31. The Bertz CT molecular complexity index is 1170. The number of amidine groups is 1. The minimum Gasteiger partial charge on any atom is -0.386 e. The number of oxime groups is 1.